The standard InChI is InChI=1S/C22H31FN4O4S/c1-2-3-9-22(17-4-6-18(23)7-5-17)20(28)27(21(29)24-22)16-25-10-12-26(13-11-25)19-8-14-32(30,31)15-19/h4-7,19H,2-3,8-16H2,1H3,(H,24,29)/t19-,22-/m0/s1. The van der Waals surface area contributed by atoms with Gasteiger partial charge in [0.1, 0.15) is 11.4 Å². The lowest BCUT2D eigenvalue weighted by Gasteiger charge is -2.38. The molecule has 3 aliphatic heterocycles. The van der Waals surface area contributed by atoms with E-state index in [0.717, 1.165) is 12.8 Å². The highest BCUT2D eigenvalue weighted by molar-refractivity contribution is 7.91. The first-order valence-corrected chi connectivity index (χ1v) is 13.1. The minimum absolute atomic E-state index is 0.0686. The number of benzene rings is 1. The minimum Gasteiger partial charge on any atom is -0.319 e. The van der Waals surface area contributed by atoms with Gasteiger partial charge in [-0.1, -0.05) is 31.9 Å². The summed E-state index contributed by atoms with van der Waals surface area (Å²) in [5.74, 6) is -0.214. The van der Waals surface area contributed by atoms with E-state index < -0.39 is 21.4 Å². The molecule has 3 saturated heterocycles. The number of carbonyl (C=O) groups is 2. The zero-order valence-corrected chi connectivity index (χ0v) is 19.2. The van der Waals surface area contributed by atoms with Gasteiger partial charge in [-0.2, -0.15) is 0 Å². The number of imide groups is 1. The van der Waals surface area contributed by atoms with Gasteiger partial charge in [0.15, 0.2) is 9.84 Å². The van der Waals surface area contributed by atoms with Gasteiger partial charge in [-0.25, -0.2) is 22.5 Å². The molecule has 0 unspecified atom stereocenters. The number of amides is 3. The molecule has 3 heterocycles. The zero-order valence-electron chi connectivity index (χ0n) is 18.4. The van der Waals surface area contributed by atoms with Crippen LogP contribution in [0.2, 0.25) is 0 Å². The number of unbranched alkanes of at least 4 members (excludes halogenated alkanes) is 1. The maximum absolute atomic E-state index is 13.5. The molecule has 0 aliphatic carbocycles. The molecule has 8 nitrogen and oxygen atoms in total. The van der Waals surface area contributed by atoms with Crippen molar-refractivity contribution >= 4 is 21.8 Å². The van der Waals surface area contributed by atoms with Gasteiger partial charge < -0.3 is 5.32 Å². The molecule has 2 atom stereocenters. The summed E-state index contributed by atoms with van der Waals surface area (Å²) in [5, 5.41) is 2.90. The van der Waals surface area contributed by atoms with E-state index in [-0.39, 0.29) is 35.9 Å². The second kappa shape index (κ2) is 9.07. The van der Waals surface area contributed by atoms with Crippen molar-refractivity contribution in [1.82, 2.24) is 20.0 Å². The van der Waals surface area contributed by atoms with E-state index in [2.05, 4.69) is 15.1 Å². The molecule has 0 radical (unpaired) electrons. The summed E-state index contributed by atoms with van der Waals surface area (Å²) in [6, 6.07) is 5.40. The highest BCUT2D eigenvalue weighted by Crippen LogP contribution is 2.34. The number of halogens is 1. The molecule has 1 aromatic rings. The van der Waals surface area contributed by atoms with Gasteiger partial charge in [0.05, 0.1) is 18.2 Å². The Morgan fingerprint density at radius 3 is 2.41 bits per heavy atom. The number of urea groups is 1. The van der Waals surface area contributed by atoms with Crippen molar-refractivity contribution in [2.24, 2.45) is 0 Å². The van der Waals surface area contributed by atoms with E-state index in [1.807, 2.05) is 6.92 Å². The van der Waals surface area contributed by atoms with Crippen molar-refractivity contribution in [3.8, 4) is 0 Å². The van der Waals surface area contributed by atoms with E-state index in [4.69, 9.17) is 0 Å². The number of nitrogens with zero attached hydrogens (tertiary/aromatic N) is 3. The summed E-state index contributed by atoms with van der Waals surface area (Å²) in [6.45, 7) is 4.95. The van der Waals surface area contributed by atoms with E-state index in [1.54, 1.807) is 12.1 Å². The van der Waals surface area contributed by atoms with Crippen molar-refractivity contribution in [3.63, 3.8) is 0 Å². The summed E-state index contributed by atoms with van der Waals surface area (Å²) in [4.78, 5) is 31.8. The van der Waals surface area contributed by atoms with Crippen LogP contribution in [0.3, 0.4) is 0 Å². The van der Waals surface area contributed by atoms with Crippen LogP contribution in [0, 0.1) is 5.82 Å². The molecule has 1 N–H and O–H groups in total. The van der Waals surface area contributed by atoms with Crippen LogP contribution in [0.1, 0.15) is 38.2 Å². The van der Waals surface area contributed by atoms with E-state index >= 15 is 0 Å². The molecular formula is C22H31FN4O4S. The highest BCUT2D eigenvalue weighted by Gasteiger charge is 2.52. The third-order valence-electron chi connectivity index (χ3n) is 6.89. The van der Waals surface area contributed by atoms with Gasteiger partial charge in [-0.15, -0.1) is 0 Å². The minimum atomic E-state index is -2.93. The predicted octanol–water partition coefficient (Wildman–Crippen LogP) is 1.53. The van der Waals surface area contributed by atoms with Gasteiger partial charge in [-0.3, -0.25) is 14.6 Å². The molecule has 0 spiro atoms. The van der Waals surface area contributed by atoms with Crippen LogP contribution in [0.15, 0.2) is 24.3 Å². The molecule has 0 bridgehead atoms. The first kappa shape index (κ1) is 23.1. The number of nitrogens with one attached hydrogen (secondary N) is 1. The first-order valence-electron chi connectivity index (χ1n) is 11.3. The Bertz CT molecular complexity index is 963. The maximum atomic E-state index is 13.5. The van der Waals surface area contributed by atoms with Gasteiger partial charge >= 0.3 is 6.03 Å². The third kappa shape index (κ3) is 4.53. The number of sulfone groups is 1. The van der Waals surface area contributed by atoms with Gasteiger partial charge in [-0.05, 0) is 30.5 Å². The van der Waals surface area contributed by atoms with Crippen molar-refractivity contribution in [2.75, 3.05) is 44.4 Å². The molecule has 3 aliphatic rings. The molecule has 10 heteroatoms. The average Bonchev–Trinajstić information content (AvgIpc) is 3.25. The molecule has 3 fully saturated rings. The number of hydrogen-bond acceptors (Lipinski definition) is 6. The highest BCUT2D eigenvalue weighted by atomic mass is 32.2. The Kier molecular flexibility index (Phi) is 6.56. The molecule has 4 rings (SSSR count). The number of hydrogen-bond donors (Lipinski definition) is 1. The van der Waals surface area contributed by atoms with Crippen LogP contribution in [0.4, 0.5) is 9.18 Å². The van der Waals surface area contributed by atoms with Crippen molar-refractivity contribution < 1.29 is 22.4 Å². The largest absolute Gasteiger partial charge is 0.326 e. The molecule has 176 valence electrons. The maximum Gasteiger partial charge on any atom is 0.326 e. The van der Waals surface area contributed by atoms with Crippen LogP contribution < -0.4 is 5.32 Å². The Morgan fingerprint density at radius 2 is 1.81 bits per heavy atom. The fourth-order valence-electron chi connectivity index (χ4n) is 4.97. The SMILES string of the molecule is CCCC[C@@]1(c2ccc(F)cc2)NC(=O)N(CN2CCN([C@H]3CCS(=O)(=O)C3)CC2)C1=O. The first-order chi connectivity index (χ1) is 15.2. The van der Waals surface area contributed by atoms with E-state index in [1.165, 1.54) is 17.0 Å². The van der Waals surface area contributed by atoms with Gasteiger partial charge in [0.25, 0.3) is 5.91 Å². The zero-order chi connectivity index (χ0) is 22.9. The predicted molar refractivity (Wildman–Crippen MR) is 118 cm³/mol. The molecule has 32 heavy (non-hydrogen) atoms. The van der Waals surface area contributed by atoms with E-state index in [9.17, 15) is 22.4 Å². The fourth-order valence-corrected chi connectivity index (χ4v) is 6.74. The topological polar surface area (TPSA) is 90.0 Å². The van der Waals surface area contributed by atoms with Crippen LogP contribution in [0.5, 0.6) is 0 Å². The normalized spacial score (nSPS) is 28.9. The summed E-state index contributed by atoms with van der Waals surface area (Å²) in [5.41, 5.74) is -0.568. The number of rotatable bonds is 7. The summed E-state index contributed by atoms with van der Waals surface area (Å²) >= 11 is 0. The summed E-state index contributed by atoms with van der Waals surface area (Å²) < 4.78 is 37.0. The smallest absolute Gasteiger partial charge is 0.319 e. The lowest BCUT2D eigenvalue weighted by atomic mass is 9.85. The van der Waals surface area contributed by atoms with Crippen molar-refractivity contribution in [1.29, 1.82) is 0 Å². The Labute approximate surface area is 188 Å². The molecule has 0 aromatic heterocycles. The van der Waals surface area contributed by atoms with Crippen LogP contribution in [-0.4, -0.2) is 85.5 Å². The lowest BCUT2D eigenvalue weighted by Crippen LogP contribution is -2.54. The average molecular weight is 467 g/mol. The van der Waals surface area contributed by atoms with Crippen LogP contribution in [-0.2, 0) is 20.2 Å². The van der Waals surface area contributed by atoms with Crippen LogP contribution in [0.25, 0.3) is 0 Å². The Morgan fingerprint density at radius 1 is 1.12 bits per heavy atom. The monoisotopic (exact) mass is 466 g/mol. The lowest BCUT2D eigenvalue weighted by molar-refractivity contribution is -0.133. The second-order valence-corrected chi connectivity index (χ2v) is 11.3. The molecular weight excluding hydrogens is 435 g/mol. The van der Waals surface area contributed by atoms with E-state index in [0.29, 0.717) is 44.6 Å². The van der Waals surface area contributed by atoms with Crippen molar-refractivity contribution in [2.45, 2.75) is 44.2 Å². The van der Waals surface area contributed by atoms with Gasteiger partial charge in [0.2, 0.25) is 0 Å². The summed E-state index contributed by atoms with van der Waals surface area (Å²) in [6.07, 6.45) is 2.75. The van der Waals surface area contributed by atoms with Gasteiger partial charge in [0, 0.05) is 32.2 Å². The Hall–Kier alpha value is -2.04. The number of carbonyl (C=O) groups excluding carboxylic acids is 2. The quantitative estimate of drug-likeness (QED) is 0.613. The summed E-state index contributed by atoms with van der Waals surface area (Å²) in [7, 11) is -2.93. The molecule has 3 amide bonds. The van der Waals surface area contributed by atoms with Crippen molar-refractivity contribution in [3.05, 3.63) is 35.6 Å². The third-order valence-corrected chi connectivity index (χ3v) is 8.64. The number of piperazine rings is 1. The fraction of sp³-hybridized carbons (Fsp3) is 0.636. The molecule has 1 aromatic carbocycles. The Balaban J connectivity index is 1.43. The van der Waals surface area contributed by atoms with Crippen LogP contribution >= 0.6 is 0 Å². The molecule has 0 saturated carbocycles. The second-order valence-electron chi connectivity index (χ2n) is 9.03.